The van der Waals surface area contributed by atoms with Gasteiger partial charge in [0.15, 0.2) is 5.82 Å². The van der Waals surface area contributed by atoms with Crippen LogP contribution in [0, 0.1) is 5.82 Å². The molecule has 0 aliphatic carbocycles. The van der Waals surface area contributed by atoms with Crippen molar-refractivity contribution in [3.05, 3.63) is 40.7 Å². The lowest BCUT2D eigenvalue weighted by Crippen LogP contribution is -2.47. The van der Waals surface area contributed by atoms with E-state index in [1.54, 1.807) is 23.6 Å². The Labute approximate surface area is 144 Å². The Bertz CT molecular complexity index is 684. The van der Waals surface area contributed by atoms with E-state index in [9.17, 15) is 4.39 Å². The van der Waals surface area contributed by atoms with Gasteiger partial charge in [-0.2, -0.15) is 0 Å². The van der Waals surface area contributed by atoms with Crippen molar-refractivity contribution in [3.63, 3.8) is 0 Å². The molecule has 2 aliphatic heterocycles. The topological polar surface area (TPSA) is 47.5 Å². The van der Waals surface area contributed by atoms with Gasteiger partial charge in [0.1, 0.15) is 11.1 Å². The summed E-state index contributed by atoms with van der Waals surface area (Å²) in [6.07, 6.45) is 6.13. The smallest absolute Gasteiger partial charge is 0.250 e. The van der Waals surface area contributed by atoms with Crippen LogP contribution >= 0.6 is 11.3 Å². The summed E-state index contributed by atoms with van der Waals surface area (Å²) in [6, 6.07) is 2.93. The number of hydrogen-bond donors (Lipinski definition) is 0. The highest BCUT2D eigenvalue weighted by atomic mass is 32.1. The average Bonchev–Trinajstić information content (AvgIpc) is 3.21. The second-order valence-electron chi connectivity index (χ2n) is 6.47. The maximum atomic E-state index is 13.7. The molecule has 2 fully saturated rings. The zero-order valence-corrected chi connectivity index (χ0v) is 14.2. The first-order chi connectivity index (χ1) is 11.7. The van der Waals surface area contributed by atoms with Crippen molar-refractivity contribution < 1.29 is 13.9 Å². The van der Waals surface area contributed by atoms with E-state index in [-0.39, 0.29) is 17.6 Å². The summed E-state index contributed by atoms with van der Waals surface area (Å²) < 4.78 is 25.6. The molecule has 1 spiro atoms. The van der Waals surface area contributed by atoms with Gasteiger partial charge in [0.25, 0.3) is 5.88 Å². The van der Waals surface area contributed by atoms with Gasteiger partial charge in [-0.25, -0.2) is 14.4 Å². The largest absolute Gasteiger partial charge is 0.470 e. The molecule has 2 aromatic heterocycles. The molecule has 2 aromatic rings. The van der Waals surface area contributed by atoms with E-state index in [2.05, 4.69) is 14.9 Å². The van der Waals surface area contributed by atoms with Crippen LogP contribution in [0.1, 0.15) is 24.3 Å². The van der Waals surface area contributed by atoms with Crippen LogP contribution in [0.25, 0.3) is 0 Å². The van der Waals surface area contributed by atoms with Crippen molar-refractivity contribution >= 4 is 11.3 Å². The third-order valence-corrected chi connectivity index (χ3v) is 5.40. The summed E-state index contributed by atoms with van der Waals surface area (Å²) in [5.74, 6) is -0.355. The molecule has 0 radical (unpaired) electrons. The summed E-state index contributed by atoms with van der Waals surface area (Å²) in [4.78, 5) is 10.7. The molecule has 128 valence electrons. The molecule has 2 saturated heterocycles. The number of nitrogens with zero attached hydrogens (tertiary/aromatic N) is 3. The fourth-order valence-electron chi connectivity index (χ4n) is 3.63. The van der Waals surface area contributed by atoms with Crippen LogP contribution in [-0.2, 0) is 11.3 Å². The van der Waals surface area contributed by atoms with Gasteiger partial charge < -0.3 is 9.47 Å². The number of piperidine rings is 1. The summed E-state index contributed by atoms with van der Waals surface area (Å²) in [5.41, 5.74) is -0.189. The highest BCUT2D eigenvalue weighted by molar-refractivity contribution is 7.09. The summed E-state index contributed by atoms with van der Waals surface area (Å²) >= 11 is 1.68. The Morgan fingerprint density at radius 1 is 1.42 bits per heavy atom. The van der Waals surface area contributed by atoms with Gasteiger partial charge in [-0.05, 0) is 31.5 Å². The lowest BCUT2D eigenvalue weighted by Gasteiger charge is -2.39. The van der Waals surface area contributed by atoms with Crippen molar-refractivity contribution in [3.8, 4) is 5.88 Å². The molecule has 0 N–H and O–H groups in total. The Balaban J connectivity index is 1.38. The van der Waals surface area contributed by atoms with Crippen molar-refractivity contribution in [2.45, 2.75) is 37.5 Å². The van der Waals surface area contributed by atoms with E-state index < -0.39 is 5.82 Å². The number of aromatic nitrogens is 2. The molecule has 7 heteroatoms. The number of pyridine rings is 1. The molecular formula is C17H20FN3O2S. The number of hydrogen-bond acceptors (Lipinski definition) is 6. The van der Waals surface area contributed by atoms with Crippen LogP contribution in [0.4, 0.5) is 4.39 Å². The number of likely N-dealkylation sites (tertiary alicyclic amines) is 1. The van der Waals surface area contributed by atoms with Gasteiger partial charge in [0.05, 0.1) is 18.8 Å². The number of halogens is 1. The maximum absolute atomic E-state index is 13.7. The fraction of sp³-hybridized carbons (Fsp3) is 0.529. The normalized spacial score (nSPS) is 27.6. The van der Waals surface area contributed by atoms with Gasteiger partial charge in [-0.1, -0.05) is 0 Å². The van der Waals surface area contributed by atoms with Crippen molar-refractivity contribution in [1.82, 2.24) is 14.9 Å². The van der Waals surface area contributed by atoms with Gasteiger partial charge in [0, 0.05) is 30.7 Å². The first-order valence-electron chi connectivity index (χ1n) is 8.24. The average molecular weight is 349 g/mol. The minimum absolute atomic E-state index is 0.0681. The highest BCUT2D eigenvalue weighted by Gasteiger charge is 2.44. The van der Waals surface area contributed by atoms with E-state index in [1.807, 2.05) is 11.6 Å². The molecule has 0 bridgehead atoms. The second-order valence-corrected chi connectivity index (χ2v) is 7.45. The molecule has 2 atom stereocenters. The molecule has 2 aliphatic rings. The van der Waals surface area contributed by atoms with Crippen molar-refractivity contribution in [1.29, 1.82) is 0 Å². The van der Waals surface area contributed by atoms with Crippen molar-refractivity contribution in [2.24, 2.45) is 0 Å². The van der Waals surface area contributed by atoms with Crippen LogP contribution in [-0.4, -0.2) is 46.3 Å². The van der Waals surface area contributed by atoms with Gasteiger partial charge in [-0.15, -0.1) is 11.3 Å². The SMILES string of the molecule is Fc1cccnc1O[C@H]1CO[C@@]2(CCCN(Cc3nccs3)C2)C1. The molecular weight excluding hydrogens is 329 g/mol. The summed E-state index contributed by atoms with van der Waals surface area (Å²) in [5, 5.41) is 3.14. The van der Waals surface area contributed by atoms with E-state index in [0.29, 0.717) is 6.61 Å². The first kappa shape index (κ1) is 15.9. The molecule has 5 nitrogen and oxygen atoms in total. The molecule has 0 saturated carbocycles. The minimum Gasteiger partial charge on any atom is -0.470 e. The lowest BCUT2D eigenvalue weighted by molar-refractivity contribution is -0.0538. The van der Waals surface area contributed by atoms with Gasteiger partial charge in [-0.3, -0.25) is 4.90 Å². The molecule has 0 unspecified atom stereocenters. The quantitative estimate of drug-likeness (QED) is 0.849. The Hall–Kier alpha value is -1.57. The zero-order chi connectivity index (χ0) is 16.4. The third kappa shape index (κ3) is 3.43. The van der Waals surface area contributed by atoms with Crippen LogP contribution in [0.5, 0.6) is 5.88 Å². The fourth-order valence-corrected chi connectivity index (χ4v) is 4.28. The zero-order valence-electron chi connectivity index (χ0n) is 13.4. The monoisotopic (exact) mass is 349 g/mol. The molecule has 4 rings (SSSR count). The molecule has 0 aromatic carbocycles. The maximum Gasteiger partial charge on any atom is 0.250 e. The predicted molar refractivity (Wildman–Crippen MR) is 88.5 cm³/mol. The number of ether oxygens (including phenoxy) is 2. The Morgan fingerprint density at radius 3 is 3.21 bits per heavy atom. The Morgan fingerprint density at radius 2 is 2.38 bits per heavy atom. The van der Waals surface area contributed by atoms with E-state index >= 15 is 0 Å². The van der Waals surface area contributed by atoms with Crippen molar-refractivity contribution in [2.75, 3.05) is 19.7 Å². The van der Waals surface area contributed by atoms with Gasteiger partial charge >= 0.3 is 0 Å². The highest BCUT2D eigenvalue weighted by Crippen LogP contribution is 2.36. The molecule has 4 heterocycles. The lowest BCUT2D eigenvalue weighted by atomic mass is 9.89. The minimum atomic E-state index is -0.424. The summed E-state index contributed by atoms with van der Waals surface area (Å²) in [6.45, 7) is 3.28. The van der Waals surface area contributed by atoms with Gasteiger partial charge in [0.2, 0.25) is 0 Å². The third-order valence-electron chi connectivity index (χ3n) is 4.64. The first-order valence-corrected chi connectivity index (χ1v) is 9.12. The van der Waals surface area contributed by atoms with E-state index in [1.165, 1.54) is 6.07 Å². The summed E-state index contributed by atoms with van der Waals surface area (Å²) in [7, 11) is 0. The molecule has 24 heavy (non-hydrogen) atoms. The van der Waals surface area contributed by atoms with Crippen LogP contribution in [0.3, 0.4) is 0 Å². The van der Waals surface area contributed by atoms with E-state index in [4.69, 9.17) is 9.47 Å². The van der Waals surface area contributed by atoms with Crippen LogP contribution in [0.15, 0.2) is 29.9 Å². The number of thiazole rings is 1. The second kappa shape index (κ2) is 6.74. The van der Waals surface area contributed by atoms with Crippen LogP contribution < -0.4 is 4.74 Å². The van der Waals surface area contributed by atoms with E-state index in [0.717, 1.165) is 43.9 Å². The molecule has 0 amide bonds. The standard InChI is InChI=1S/C17H20FN3O2S/c18-14-3-1-5-20-16(14)23-13-9-17(22-11-13)4-2-7-21(12-17)10-15-19-6-8-24-15/h1,3,5-6,8,13H,2,4,7,9-12H2/t13-,17+/m1/s1. The predicted octanol–water partition coefficient (Wildman–Crippen LogP) is 2.88. The number of rotatable bonds is 4. The van der Waals surface area contributed by atoms with Crippen LogP contribution in [0.2, 0.25) is 0 Å². The Kier molecular flexibility index (Phi) is 4.47.